The first-order chi connectivity index (χ1) is 14.5. The average Bonchev–Trinajstić information content (AvgIpc) is 3.43. The van der Waals surface area contributed by atoms with Crippen LogP contribution in [-0.4, -0.2) is 35.2 Å². The number of carbonyl (C=O) groups is 2. The number of likely N-dealkylation sites (N-methyl/N-ethyl adjacent to an activating group) is 1. The molecule has 8 heteroatoms. The Bertz CT molecular complexity index is 1200. The van der Waals surface area contributed by atoms with Crippen LogP contribution in [0, 0.1) is 6.92 Å². The number of amides is 1. The first-order valence-corrected chi connectivity index (χ1v) is 9.30. The molecule has 0 fully saturated rings. The van der Waals surface area contributed by atoms with Crippen LogP contribution in [-0.2, 0) is 9.53 Å². The number of aryl methyl sites for hydroxylation is 1. The molecule has 0 unspecified atom stereocenters. The molecule has 30 heavy (non-hydrogen) atoms. The van der Waals surface area contributed by atoms with Crippen molar-refractivity contribution in [3.63, 3.8) is 0 Å². The minimum Gasteiger partial charge on any atom is -0.463 e. The van der Waals surface area contributed by atoms with Crippen molar-refractivity contribution in [3.05, 3.63) is 66.1 Å². The molecule has 1 aromatic carbocycles. The summed E-state index contributed by atoms with van der Waals surface area (Å²) in [6, 6.07) is 14.1. The number of aromatic nitrogens is 2. The molecule has 0 spiro atoms. The van der Waals surface area contributed by atoms with Crippen molar-refractivity contribution in [1.29, 1.82) is 0 Å². The lowest BCUT2D eigenvalue weighted by Gasteiger charge is -2.21. The number of para-hydroxylation sites is 1. The second kappa shape index (κ2) is 7.82. The van der Waals surface area contributed by atoms with Crippen LogP contribution in [0.4, 0.5) is 5.69 Å². The highest BCUT2D eigenvalue weighted by atomic mass is 16.5. The molecular formula is C22H19N3O5. The molecule has 0 radical (unpaired) electrons. The maximum atomic E-state index is 13.0. The Morgan fingerprint density at radius 2 is 1.90 bits per heavy atom. The lowest BCUT2D eigenvalue weighted by molar-refractivity contribution is -0.126. The Balaban J connectivity index is 1.63. The number of pyridine rings is 1. The summed E-state index contributed by atoms with van der Waals surface area (Å²) in [4.78, 5) is 31.5. The van der Waals surface area contributed by atoms with E-state index in [9.17, 15) is 9.59 Å². The number of carbonyl (C=O) groups excluding carboxylic acids is 2. The van der Waals surface area contributed by atoms with E-state index in [-0.39, 0.29) is 17.2 Å². The van der Waals surface area contributed by atoms with Crippen LogP contribution >= 0.6 is 0 Å². The van der Waals surface area contributed by atoms with Gasteiger partial charge in [-0.2, -0.15) is 0 Å². The monoisotopic (exact) mass is 405 g/mol. The molecule has 0 aliphatic carbocycles. The van der Waals surface area contributed by atoms with E-state index in [1.54, 1.807) is 44.3 Å². The fourth-order valence-corrected chi connectivity index (χ4v) is 3.13. The van der Waals surface area contributed by atoms with Crippen molar-refractivity contribution in [2.24, 2.45) is 0 Å². The average molecular weight is 405 g/mol. The Labute approximate surface area is 172 Å². The third-order valence-electron chi connectivity index (χ3n) is 4.72. The fourth-order valence-electron chi connectivity index (χ4n) is 3.13. The summed E-state index contributed by atoms with van der Waals surface area (Å²) in [7, 11) is 1.63. The SMILES string of the molecule is Cc1noc2nc(-c3ccco3)cc(C(=O)O[C@H](C)C(=O)N(C)c3ccccc3)c12. The smallest absolute Gasteiger partial charge is 0.339 e. The van der Waals surface area contributed by atoms with Crippen LogP contribution in [0.15, 0.2) is 63.7 Å². The molecule has 1 atom stereocenters. The highest BCUT2D eigenvalue weighted by Crippen LogP contribution is 2.28. The fraction of sp³-hybridized carbons (Fsp3) is 0.182. The van der Waals surface area contributed by atoms with E-state index in [0.717, 1.165) is 0 Å². The third kappa shape index (κ3) is 3.55. The van der Waals surface area contributed by atoms with Gasteiger partial charge in [-0.1, -0.05) is 23.4 Å². The zero-order chi connectivity index (χ0) is 21.3. The van der Waals surface area contributed by atoms with Gasteiger partial charge in [0.1, 0.15) is 5.69 Å². The second-order valence-corrected chi connectivity index (χ2v) is 6.76. The number of anilines is 1. The van der Waals surface area contributed by atoms with Crippen molar-refractivity contribution >= 4 is 28.7 Å². The number of furan rings is 1. The molecule has 3 aromatic heterocycles. The van der Waals surface area contributed by atoms with Gasteiger partial charge in [-0.3, -0.25) is 4.79 Å². The minimum absolute atomic E-state index is 0.189. The molecule has 3 heterocycles. The summed E-state index contributed by atoms with van der Waals surface area (Å²) in [5.74, 6) is -0.565. The summed E-state index contributed by atoms with van der Waals surface area (Å²) in [5, 5.41) is 4.33. The number of hydrogen-bond donors (Lipinski definition) is 0. The van der Waals surface area contributed by atoms with E-state index in [4.69, 9.17) is 13.7 Å². The van der Waals surface area contributed by atoms with Gasteiger partial charge in [0.15, 0.2) is 11.9 Å². The first kappa shape index (κ1) is 19.4. The van der Waals surface area contributed by atoms with Crippen molar-refractivity contribution in [3.8, 4) is 11.5 Å². The number of benzene rings is 1. The van der Waals surface area contributed by atoms with E-state index in [0.29, 0.717) is 28.2 Å². The van der Waals surface area contributed by atoms with Gasteiger partial charge in [0.25, 0.3) is 11.6 Å². The minimum atomic E-state index is -1.00. The van der Waals surface area contributed by atoms with Crippen LogP contribution in [0.25, 0.3) is 22.6 Å². The molecule has 4 rings (SSSR count). The van der Waals surface area contributed by atoms with Gasteiger partial charge >= 0.3 is 5.97 Å². The van der Waals surface area contributed by atoms with Crippen LogP contribution in [0.1, 0.15) is 23.0 Å². The van der Waals surface area contributed by atoms with Crippen molar-refractivity contribution in [2.75, 3.05) is 11.9 Å². The van der Waals surface area contributed by atoms with Gasteiger partial charge < -0.3 is 18.6 Å². The topological polar surface area (TPSA) is 98.7 Å². The van der Waals surface area contributed by atoms with Gasteiger partial charge in [0.2, 0.25) is 0 Å². The number of hydrogen-bond acceptors (Lipinski definition) is 7. The van der Waals surface area contributed by atoms with Crippen LogP contribution in [0.2, 0.25) is 0 Å². The van der Waals surface area contributed by atoms with Gasteiger partial charge in [-0.25, -0.2) is 9.78 Å². The van der Waals surface area contributed by atoms with Gasteiger partial charge in [-0.05, 0) is 44.2 Å². The number of esters is 1. The molecule has 8 nitrogen and oxygen atoms in total. The quantitative estimate of drug-likeness (QED) is 0.463. The van der Waals surface area contributed by atoms with E-state index in [2.05, 4.69) is 10.1 Å². The Kier molecular flexibility index (Phi) is 5.05. The van der Waals surface area contributed by atoms with E-state index in [1.807, 2.05) is 18.2 Å². The molecule has 0 saturated carbocycles. The molecule has 0 saturated heterocycles. The first-order valence-electron chi connectivity index (χ1n) is 9.30. The lowest BCUT2D eigenvalue weighted by Crippen LogP contribution is -2.37. The summed E-state index contributed by atoms with van der Waals surface area (Å²) < 4.78 is 16.1. The lowest BCUT2D eigenvalue weighted by atomic mass is 10.1. The third-order valence-corrected chi connectivity index (χ3v) is 4.72. The van der Waals surface area contributed by atoms with Gasteiger partial charge in [0.05, 0.1) is 22.9 Å². The van der Waals surface area contributed by atoms with Crippen LogP contribution in [0.5, 0.6) is 0 Å². The number of rotatable bonds is 5. The molecule has 0 N–H and O–H groups in total. The predicted molar refractivity (Wildman–Crippen MR) is 109 cm³/mol. The maximum Gasteiger partial charge on any atom is 0.339 e. The Hall–Kier alpha value is -3.94. The van der Waals surface area contributed by atoms with Crippen molar-refractivity contribution < 1.29 is 23.3 Å². The Morgan fingerprint density at radius 1 is 1.13 bits per heavy atom. The van der Waals surface area contributed by atoms with Gasteiger partial charge in [-0.15, -0.1) is 0 Å². The summed E-state index contributed by atoms with van der Waals surface area (Å²) in [6.07, 6.45) is 0.503. The molecule has 0 bridgehead atoms. The van der Waals surface area contributed by atoms with Crippen molar-refractivity contribution in [2.45, 2.75) is 20.0 Å². The molecule has 152 valence electrons. The molecule has 0 aliphatic rings. The van der Waals surface area contributed by atoms with Crippen molar-refractivity contribution in [1.82, 2.24) is 10.1 Å². The second-order valence-electron chi connectivity index (χ2n) is 6.76. The zero-order valence-electron chi connectivity index (χ0n) is 16.7. The van der Waals surface area contributed by atoms with E-state index in [1.165, 1.54) is 18.1 Å². The zero-order valence-corrected chi connectivity index (χ0v) is 16.7. The molecular weight excluding hydrogens is 386 g/mol. The summed E-state index contributed by atoms with van der Waals surface area (Å²) in [6.45, 7) is 3.24. The molecule has 1 amide bonds. The standard InChI is InChI=1S/C22H19N3O5/c1-13-19-16(12-17(18-10-7-11-28-18)23-20(19)30-24-13)22(27)29-14(2)21(26)25(3)15-8-5-4-6-9-15/h4-12,14H,1-3H3/t14-/m1/s1. The number of fused-ring (bicyclic) bond motifs is 1. The van der Waals surface area contributed by atoms with Gasteiger partial charge in [0, 0.05) is 12.7 Å². The summed E-state index contributed by atoms with van der Waals surface area (Å²) >= 11 is 0. The highest BCUT2D eigenvalue weighted by molar-refractivity contribution is 6.05. The van der Waals surface area contributed by atoms with E-state index >= 15 is 0 Å². The predicted octanol–water partition coefficient (Wildman–Crippen LogP) is 4.00. The normalized spacial score (nSPS) is 12.0. The number of ether oxygens (including phenoxy) is 1. The molecule has 0 aliphatic heterocycles. The van der Waals surface area contributed by atoms with Crippen LogP contribution < -0.4 is 4.90 Å². The Morgan fingerprint density at radius 3 is 2.60 bits per heavy atom. The summed E-state index contributed by atoms with van der Waals surface area (Å²) in [5.41, 5.74) is 1.99. The highest BCUT2D eigenvalue weighted by Gasteiger charge is 2.26. The molecule has 4 aromatic rings. The maximum absolute atomic E-state index is 13.0. The van der Waals surface area contributed by atoms with E-state index < -0.39 is 12.1 Å². The number of nitrogens with zero attached hydrogens (tertiary/aromatic N) is 3. The van der Waals surface area contributed by atoms with Crippen LogP contribution in [0.3, 0.4) is 0 Å². The largest absolute Gasteiger partial charge is 0.463 e.